The van der Waals surface area contributed by atoms with Crippen LogP contribution in [0.3, 0.4) is 0 Å². The van der Waals surface area contributed by atoms with E-state index in [1.807, 2.05) is 60.9 Å². The summed E-state index contributed by atoms with van der Waals surface area (Å²) < 4.78 is 1.90. The summed E-state index contributed by atoms with van der Waals surface area (Å²) in [6.07, 6.45) is 1.73. The molecule has 0 radical (unpaired) electrons. The number of Topliss-reactive ketones (excluding diaryl/α,β-unsaturated/α-hetero) is 1. The summed E-state index contributed by atoms with van der Waals surface area (Å²) in [5.41, 5.74) is 4.91. The van der Waals surface area contributed by atoms with Crippen molar-refractivity contribution in [2.75, 3.05) is 0 Å². The minimum absolute atomic E-state index is 0.120. The van der Waals surface area contributed by atoms with Crippen molar-refractivity contribution in [3.05, 3.63) is 65.5 Å². The predicted octanol–water partition coefficient (Wildman–Crippen LogP) is 3.54. The first-order valence-electron chi connectivity index (χ1n) is 6.66. The van der Waals surface area contributed by atoms with Gasteiger partial charge >= 0.3 is 0 Å². The standard InChI is InChI=1S/C17H16N2O/c1-12-6-5-7-14(13(12)2)17(20)10-19-11-18-15-8-3-4-9-16(15)19/h3-9,11H,10H2,1-2H3. The van der Waals surface area contributed by atoms with Crippen molar-refractivity contribution in [2.24, 2.45) is 0 Å². The summed E-state index contributed by atoms with van der Waals surface area (Å²) in [6.45, 7) is 4.35. The molecule has 0 aliphatic heterocycles. The lowest BCUT2D eigenvalue weighted by atomic mass is 10.0. The highest BCUT2D eigenvalue weighted by Gasteiger charge is 2.12. The van der Waals surface area contributed by atoms with E-state index in [0.29, 0.717) is 6.54 Å². The molecule has 0 aliphatic rings. The molecule has 3 nitrogen and oxygen atoms in total. The molecule has 0 spiro atoms. The first kappa shape index (κ1) is 12.6. The van der Waals surface area contributed by atoms with Gasteiger partial charge in [0.2, 0.25) is 0 Å². The zero-order valence-electron chi connectivity index (χ0n) is 11.6. The fourth-order valence-corrected chi connectivity index (χ4v) is 2.43. The summed E-state index contributed by atoms with van der Waals surface area (Å²) in [6, 6.07) is 13.7. The monoisotopic (exact) mass is 264 g/mol. The van der Waals surface area contributed by atoms with E-state index in [4.69, 9.17) is 0 Å². The summed E-state index contributed by atoms with van der Waals surface area (Å²) >= 11 is 0. The van der Waals surface area contributed by atoms with Gasteiger partial charge < -0.3 is 4.57 Å². The molecule has 100 valence electrons. The number of rotatable bonds is 3. The summed E-state index contributed by atoms with van der Waals surface area (Å²) in [4.78, 5) is 16.8. The zero-order chi connectivity index (χ0) is 14.1. The maximum absolute atomic E-state index is 12.5. The third kappa shape index (κ3) is 2.11. The van der Waals surface area contributed by atoms with Crippen molar-refractivity contribution in [3.8, 4) is 0 Å². The number of nitrogens with zero attached hydrogens (tertiary/aromatic N) is 2. The molecular weight excluding hydrogens is 248 g/mol. The molecule has 0 fully saturated rings. The van der Waals surface area contributed by atoms with Crippen LogP contribution in [0.5, 0.6) is 0 Å². The van der Waals surface area contributed by atoms with E-state index in [-0.39, 0.29) is 5.78 Å². The topological polar surface area (TPSA) is 34.9 Å². The largest absolute Gasteiger partial charge is 0.323 e. The number of fused-ring (bicyclic) bond motifs is 1. The number of benzene rings is 2. The Bertz CT molecular complexity index is 787. The Kier molecular flexibility index (Phi) is 3.11. The number of aromatic nitrogens is 2. The molecular formula is C17H16N2O. The van der Waals surface area contributed by atoms with Crippen molar-refractivity contribution >= 4 is 16.8 Å². The van der Waals surface area contributed by atoms with E-state index in [1.165, 1.54) is 0 Å². The van der Waals surface area contributed by atoms with E-state index < -0.39 is 0 Å². The zero-order valence-corrected chi connectivity index (χ0v) is 11.6. The van der Waals surface area contributed by atoms with Gasteiger partial charge in [-0.25, -0.2) is 4.98 Å². The number of hydrogen-bond donors (Lipinski definition) is 0. The fraction of sp³-hybridized carbons (Fsp3) is 0.176. The fourth-order valence-electron chi connectivity index (χ4n) is 2.43. The number of para-hydroxylation sites is 2. The van der Waals surface area contributed by atoms with Gasteiger partial charge in [0.25, 0.3) is 0 Å². The van der Waals surface area contributed by atoms with Crippen molar-refractivity contribution in [3.63, 3.8) is 0 Å². The van der Waals surface area contributed by atoms with Crippen LogP contribution in [0, 0.1) is 13.8 Å². The van der Waals surface area contributed by atoms with Gasteiger partial charge in [-0.2, -0.15) is 0 Å². The highest BCUT2D eigenvalue weighted by Crippen LogP contribution is 2.16. The molecule has 0 atom stereocenters. The molecule has 0 amide bonds. The van der Waals surface area contributed by atoms with Crippen LogP contribution in [-0.2, 0) is 6.54 Å². The number of ketones is 1. The van der Waals surface area contributed by atoms with E-state index in [2.05, 4.69) is 4.98 Å². The molecule has 1 aromatic heterocycles. The summed E-state index contributed by atoms with van der Waals surface area (Å²) in [5, 5.41) is 0. The van der Waals surface area contributed by atoms with Crippen LogP contribution in [-0.4, -0.2) is 15.3 Å². The average Bonchev–Trinajstić information content (AvgIpc) is 2.85. The Balaban J connectivity index is 1.95. The second-order valence-electron chi connectivity index (χ2n) is 5.03. The molecule has 1 heterocycles. The van der Waals surface area contributed by atoms with E-state index in [0.717, 1.165) is 27.7 Å². The minimum atomic E-state index is 0.120. The van der Waals surface area contributed by atoms with Crippen LogP contribution in [0.25, 0.3) is 11.0 Å². The highest BCUT2D eigenvalue weighted by molar-refractivity contribution is 5.98. The van der Waals surface area contributed by atoms with Gasteiger partial charge in [-0.15, -0.1) is 0 Å². The van der Waals surface area contributed by atoms with Crippen molar-refractivity contribution in [1.29, 1.82) is 0 Å². The van der Waals surface area contributed by atoms with Crippen LogP contribution in [0.15, 0.2) is 48.8 Å². The Labute approximate surface area is 117 Å². The second-order valence-corrected chi connectivity index (χ2v) is 5.03. The van der Waals surface area contributed by atoms with Crippen LogP contribution >= 0.6 is 0 Å². The maximum Gasteiger partial charge on any atom is 0.182 e. The molecule has 0 N–H and O–H groups in total. The first-order valence-corrected chi connectivity index (χ1v) is 6.66. The molecule has 3 aromatic rings. The molecule has 0 bridgehead atoms. The third-order valence-corrected chi connectivity index (χ3v) is 3.75. The van der Waals surface area contributed by atoms with Crippen molar-refractivity contribution < 1.29 is 4.79 Å². The van der Waals surface area contributed by atoms with Crippen LogP contribution in [0.2, 0.25) is 0 Å². The molecule has 2 aromatic carbocycles. The van der Waals surface area contributed by atoms with Gasteiger partial charge in [0, 0.05) is 5.56 Å². The van der Waals surface area contributed by atoms with Gasteiger partial charge in [0.1, 0.15) is 0 Å². The van der Waals surface area contributed by atoms with Gasteiger partial charge in [-0.1, -0.05) is 30.3 Å². The van der Waals surface area contributed by atoms with Crippen molar-refractivity contribution in [2.45, 2.75) is 20.4 Å². The molecule has 0 saturated carbocycles. The van der Waals surface area contributed by atoms with Crippen molar-refractivity contribution in [1.82, 2.24) is 9.55 Å². The smallest absolute Gasteiger partial charge is 0.182 e. The van der Waals surface area contributed by atoms with Gasteiger partial charge in [0.05, 0.1) is 23.9 Å². The maximum atomic E-state index is 12.5. The molecule has 20 heavy (non-hydrogen) atoms. The van der Waals surface area contributed by atoms with Gasteiger partial charge in [0.15, 0.2) is 5.78 Å². The quantitative estimate of drug-likeness (QED) is 0.678. The number of aryl methyl sites for hydroxylation is 1. The second kappa shape index (κ2) is 4.93. The number of imidazole rings is 1. The summed E-state index contributed by atoms with van der Waals surface area (Å²) in [5.74, 6) is 0.120. The first-order chi connectivity index (χ1) is 9.66. The lowest BCUT2D eigenvalue weighted by Crippen LogP contribution is -2.11. The minimum Gasteiger partial charge on any atom is -0.323 e. The summed E-state index contributed by atoms with van der Waals surface area (Å²) in [7, 11) is 0. The average molecular weight is 264 g/mol. The molecule has 0 aliphatic carbocycles. The lowest BCUT2D eigenvalue weighted by molar-refractivity contribution is 0.0972. The van der Waals surface area contributed by atoms with Crippen LogP contribution < -0.4 is 0 Å². The highest BCUT2D eigenvalue weighted by atomic mass is 16.1. The third-order valence-electron chi connectivity index (χ3n) is 3.75. The van der Waals surface area contributed by atoms with Gasteiger partial charge in [-0.05, 0) is 37.1 Å². The predicted molar refractivity (Wildman–Crippen MR) is 80.0 cm³/mol. The molecule has 3 rings (SSSR count). The lowest BCUT2D eigenvalue weighted by Gasteiger charge is -2.08. The number of carbonyl (C=O) groups is 1. The Hall–Kier alpha value is -2.42. The molecule has 3 heteroatoms. The SMILES string of the molecule is Cc1cccc(C(=O)Cn2cnc3ccccc32)c1C. The van der Waals surface area contributed by atoms with Crippen LogP contribution in [0.4, 0.5) is 0 Å². The van der Waals surface area contributed by atoms with Gasteiger partial charge in [-0.3, -0.25) is 4.79 Å². The number of carbonyl (C=O) groups excluding carboxylic acids is 1. The van der Waals surface area contributed by atoms with Crippen LogP contribution in [0.1, 0.15) is 21.5 Å². The Morgan fingerprint density at radius 2 is 1.90 bits per heavy atom. The normalized spacial score (nSPS) is 10.9. The number of hydrogen-bond acceptors (Lipinski definition) is 2. The van der Waals surface area contributed by atoms with E-state index in [9.17, 15) is 4.79 Å². The molecule has 0 unspecified atom stereocenters. The molecule has 0 saturated heterocycles. The van der Waals surface area contributed by atoms with E-state index >= 15 is 0 Å². The van der Waals surface area contributed by atoms with E-state index in [1.54, 1.807) is 6.33 Å². The Morgan fingerprint density at radius 3 is 2.75 bits per heavy atom. The Morgan fingerprint density at radius 1 is 1.10 bits per heavy atom.